The largest absolute Gasteiger partial charge is 0.496 e. The smallest absolute Gasteiger partial charge is 0.126 e. The van der Waals surface area contributed by atoms with Gasteiger partial charge in [-0.3, -0.25) is 4.68 Å². The van der Waals surface area contributed by atoms with Crippen molar-refractivity contribution in [3.05, 3.63) is 46.7 Å². The van der Waals surface area contributed by atoms with E-state index in [1.165, 1.54) is 0 Å². The van der Waals surface area contributed by atoms with Crippen LogP contribution >= 0.6 is 11.6 Å². The molecule has 5 heteroatoms. The van der Waals surface area contributed by atoms with Gasteiger partial charge in [0.2, 0.25) is 0 Å². The molecule has 0 aliphatic rings. The Morgan fingerprint density at radius 2 is 2.21 bits per heavy atom. The Morgan fingerprint density at radius 1 is 1.42 bits per heavy atom. The number of benzene rings is 1. The number of aryl methyl sites for hydroxylation is 1. The topological polar surface area (TPSA) is 47.3 Å². The summed E-state index contributed by atoms with van der Waals surface area (Å²) >= 11 is 5.93. The summed E-state index contributed by atoms with van der Waals surface area (Å²) in [5.41, 5.74) is 1.44. The lowest BCUT2D eigenvalue weighted by Gasteiger charge is -2.16. The predicted octanol–water partition coefficient (Wildman–Crippen LogP) is 3.04. The average molecular weight is 281 g/mol. The summed E-state index contributed by atoms with van der Waals surface area (Å²) < 4.78 is 7.08. The van der Waals surface area contributed by atoms with E-state index in [1.54, 1.807) is 36.2 Å². The molecule has 1 aromatic carbocycles. The number of hydrogen-bond donors (Lipinski definition) is 1. The zero-order valence-corrected chi connectivity index (χ0v) is 11.8. The highest BCUT2D eigenvalue weighted by molar-refractivity contribution is 6.30. The number of hydrogen-bond acceptors (Lipinski definition) is 3. The number of halogens is 1. The van der Waals surface area contributed by atoms with Crippen molar-refractivity contribution in [1.82, 2.24) is 9.78 Å². The zero-order chi connectivity index (χ0) is 13.8. The molecule has 102 valence electrons. The van der Waals surface area contributed by atoms with E-state index in [9.17, 15) is 5.11 Å². The Morgan fingerprint density at radius 3 is 2.89 bits per heavy atom. The summed E-state index contributed by atoms with van der Waals surface area (Å²) in [5, 5.41) is 15.3. The highest BCUT2D eigenvalue weighted by Crippen LogP contribution is 2.32. The molecule has 1 unspecified atom stereocenters. The van der Waals surface area contributed by atoms with Crippen LogP contribution < -0.4 is 4.74 Å². The number of nitrogens with zero attached hydrogens (tertiary/aromatic N) is 2. The molecule has 0 bridgehead atoms. The minimum Gasteiger partial charge on any atom is -0.496 e. The fourth-order valence-electron chi connectivity index (χ4n) is 2.04. The summed E-state index contributed by atoms with van der Waals surface area (Å²) in [6, 6.07) is 7.02. The van der Waals surface area contributed by atoms with Crippen molar-refractivity contribution in [3.63, 3.8) is 0 Å². The van der Waals surface area contributed by atoms with Gasteiger partial charge >= 0.3 is 0 Å². The Balaban J connectivity index is 2.38. The summed E-state index contributed by atoms with van der Waals surface area (Å²) in [4.78, 5) is 0. The first-order valence-electron chi connectivity index (χ1n) is 6.20. The molecule has 19 heavy (non-hydrogen) atoms. The van der Waals surface area contributed by atoms with E-state index in [1.807, 2.05) is 6.07 Å². The molecule has 0 aliphatic heterocycles. The number of rotatable bonds is 5. The quantitative estimate of drug-likeness (QED) is 0.916. The van der Waals surface area contributed by atoms with Crippen LogP contribution in [0.3, 0.4) is 0 Å². The molecule has 2 aromatic rings. The second-order valence-corrected chi connectivity index (χ2v) is 4.70. The SMILES string of the molecule is CCCn1nccc1C(O)c1ccc(Cl)cc1OC. The average Bonchev–Trinajstić information content (AvgIpc) is 2.86. The van der Waals surface area contributed by atoms with Crippen molar-refractivity contribution in [2.24, 2.45) is 0 Å². The minimum atomic E-state index is -0.777. The van der Waals surface area contributed by atoms with Crippen LogP contribution in [0.5, 0.6) is 5.75 Å². The highest BCUT2D eigenvalue weighted by atomic mass is 35.5. The maximum Gasteiger partial charge on any atom is 0.126 e. The van der Waals surface area contributed by atoms with Crippen LogP contribution in [0.1, 0.15) is 30.7 Å². The van der Waals surface area contributed by atoms with Crippen LogP contribution in [-0.4, -0.2) is 22.0 Å². The van der Waals surface area contributed by atoms with Crippen molar-refractivity contribution in [3.8, 4) is 5.75 Å². The third-order valence-electron chi connectivity index (χ3n) is 2.96. The summed E-state index contributed by atoms with van der Waals surface area (Å²) in [6.07, 6.45) is 1.87. The number of ether oxygens (including phenoxy) is 1. The lowest BCUT2D eigenvalue weighted by molar-refractivity contribution is 0.202. The number of methoxy groups -OCH3 is 1. The maximum atomic E-state index is 10.5. The third-order valence-corrected chi connectivity index (χ3v) is 3.19. The second kappa shape index (κ2) is 6.08. The summed E-state index contributed by atoms with van der Waals surface area (Å²) in [7, 11) is 1.56. The molecule has 1 atom stereocenters. The van der Waals surface area contributed by atoms with Crippen LogP contribution in [0.15, 0.2) is 30.5 Å². The lowest BCUT2D eigenvalue weighted by atomic mass is 10.1. The van der Waals surface area contributed by atoms with Crippen molar-refractivity contribution >= 4 is 11.6 Å². The first-order valence-corrected chi connectivity index (χ1v) is 6.58. The predicted molar refractivity (Wildman–Crippen MR) is 74.6 cm³/mol. The van der Waals surface area contributed by atoms with Gasteiger partial charge < -0.3 is 9.84 Å². The molecule has 0 aliphatic carbocycles. The van der Waals surface area contributed by atoms with Gasteiger partial charge in [-0.2, -0.15) is 5.10 Å². The molecule has 0 spiro atoms. The Hall–Kier alpha value is -1.52. The monoisotopic (exact) mass is 280 g/mol. The van der Waals surface area contributed by atoms with Crippen LogP contribution in [0.2, 0.25) is 5.02 Å². The highest BCUT2D eigenvalue weighted by Gasteiger charge is 2.19. The van der Waals surface area contributed by atoms with Crippen LogP contribution in [-0.2, 0) is 6.54 Å². The fourth-order valence-corrected chi connectivity index (χ4v) is 2.21. The van der Waals surface area contributed by atoms with Gasteiger partial charge in [0.25, 0.3) is 0 Å². The Labute approximate surface area is 117 Å². The number of aliphatic hydroxyl groups excluding tert-OH is 1. The molecule has 0 radical (unpaired) electrons. The van der Waals surface area contributed by atoms with Gasteiger partial charge in [-0.1, -0.05) is 24.6 Å². The summed E-state index contributed by atoms with van der Waals surface area (Å²) in [6.45, 7) is 2.84. The first-order chi connectivity index (χ1) is 9.17. The number of aromatic nitrogens is 2. The molecular formula is C14H17ClN2O2. The molecule has 0 fully saturated rings. The molecular weight excluding hydrogens is 264 g/mol. The summed E-state index contributed by atoms with van der Waals surface area (Å²) in [5.74, 6) is 0.573. The molecule has 0 amide bonds. The standard InChI is InChI=1S/C14H17ClN2O2/c1-3-8-17-12(6-7-16-17)14(18)11-5-4-10(15)9-13(11)19-2/h4-7,9,14,18H,3,8H2,1-2H3. The fraction of sp³-hybridized carbons (Fsp3) is 0.357. The van der Waals surface area contributed by atoms with Gasteiger partial charge in [0.15, 0.2) is 0 Å². The van der Waals surface area contributed by atoms with Gasteiger partial charge in [-0.05, 0) is 24.6 Å². The van der Waals surface area contributed by atoms with Crippen molar-refractivity contribution in [2.45, 2.75) is 26.0 Å². The maximum absolute atomic E-state index is 10.5. The van der Waals surface area contributed by atoms with E-state index >= 15 is 0 Å². The van der Waals surface area contributed by atoms with Crippen LogP contribution in [0.25, 0.3) is 0 Å². The molecule has 2 rings (SSSR count). The van der Waals surface area contributed by atoms with E-state index in [-0.39, 0.29) is 0 Å². The van der Waals surface area contributed by atoms with Crippen molar-refractivity contribution < 1.29 is 9.84 Å². The zero-order valence-electron chi connectivity index (χ0n) is 11.0. The van der Waals surface area contributed by atoms with E-state index in [4.69, 9.17) is 16.3 Å². The van der Waals surface area contributed by atoms with E-state index in [0.29, 0.717) is 16.3 Å². The molecule has 1 heterocycles. The molecule has 1 aromatic heterocycles. The Kier molecular flexibility index (Phi) is 4.45. The van der Waals surface area contributed by atoms with Gasteiger partial charge in [0, 0.05) is 23.3 Å². The van der Waals surface area contributed by atoms with E-state index in [0.717, 1.165) is 18.7 Å². The van der Waals surface area contributed by atoms with Crippen LogP contribution in [0.4, 0.5) is 0 Å². The van der Waals surface area contributed by atoms with Crippen molar-refractivity contribution in [1.29, 1.82) is 0 Å². The van der Waals surface area contributed by atoms with Gasteiger partial charge in [-0.15, -0.1) is 0 Å². The third kappa shape index (κ3) is 2.91. The van der Waals surface area contributed by atoms with Crippen LogP contribution in [0, 0.1) is 0 Å². The van der Waals surface area contributed by atoms with Gasteiger partial charge in [-0.25, -0.2) is 0 Å². The first kappa shape index (κ1) is 13.9. The molecule has 4 nitrogen and oxygen atoms in total. The second-order valence-electron chi connectivity index (χ2n) is 4.27. The molecule has 1 N–H and O–H groups in total. The normalized spacial score (nSPS) is 12.4. The minimum absolute atomic E-state index is 0.573. The molecule has 0 saturated heterocycles. The number of aliphatic hydroxyl groups is 1. The van der Waals surface area contributed by atoms with E-state index < -0.39 is 6.10 Å². The van der Waals surface area contributed by atoms with E-state index in [2.05, 4.69) is 12.0 Å². The lowest BCUT2D eigenvalue weighted by Crippen LogP contribution is -2.11. The van der Waals surface area contributed by atoms with Gasteiger partial charge in [0.05, 0.1) is 12.8 Å². The van der Waals surface area contributed by atoms with Gasteiger partial charge in [0.1, 0.15) is 11.9 Å². The Bertz CT molecular complexity index is 554. The van der Waals surface area contributed by atoms with Crippen molar-refractivity contribution in [2.75, 3.05) is 7.11 Å². The molecule has 0 saturated carbocycles.